The van der Waals surface area contributed by atoms with Gasteiger partial charge < -0.3 is 30.2 Å². The van der Waals surface area contributed by atoms with Gasteiger partial charge in [-0.05, 0) is 57.1 Å². The number of hydrogen-bond acceptors (Lipinski definition) is 7. The molecule has 39 heavy (non-hydrogen) atoms. The van der Waals surface area contributed by atoms with Crippen molar-refractivity contribution in [3.63, 3.8) is 0 Å². The largest absolute Gasteiger partial charge is 0.484 e. The van der Waals surface area contributed by atoms with E-state index < -0.39 is 13.0 Å². The van der Waals surface area contributed by atoms with Gasteiger partial charge in [-0.15, -0.1) is 0 Å². The van der Waals surface area contributed by atoms with Crippen molar-refractivity contribution in [3.8, 4) is 17.0 Å². The van der Waals surface area contributed by atoms with Gasteiger partial charge in [0.2, 0.25) is 5.95 Å². The van der Waals surface area contributed by atoms with Gasteiger partial charge in [-0.25, -0.2) is 18.7 Å². The molecule has 3 heterocycles. The Morgan fingerprint density at radius 1 is 1.18 bits per heavy atom. The monoisotopic (exact) mass is 535 g/mol. The number of benzene rings is 2. The Labute approximate surface area is 227 Å². The molecule has 0 amide bonds. The zero-order chi connectivity index (χ0) is 27.7. The smallest absolute Gasteiger partial charge is 0.272 e. The average molecular weight is 536 g/mol. The number of likely N-dealkylation sites (N-methyl/N-ethyl adjacent to an activating group) is 2. The molecule has 0 spiro atoms. The number of rotatable bonds is 10. The average Bonchev–Trinajstić information content (AvgIpc) is 3.28. The molecule has 0 saturated carbocycles. The fourth-order valence-electron chi connectivity index (χ4n) is 5.09. The highest BCUT2D eigenvalue weighted by molar-refractivity contribution is 5.98. The van der Waals surface area contributed by atoms with Crippen molar-refractivity contribution >= 4 is 33.9 Å². The van der Waals surface area contributed by atoms with E-state index in [-0.39, 0.29) is 5.75 Å². The van der Waals surface area contributed by atoms with E-state index in [1.807, 2.05) is 58.5 Å². The van der Waals surface area contributed by atoms with Crippen LogP contribution in [0.3, 0.4) is 0 Å². The summed E-state index contributed by atoms with van der Waals surface area (Å²) in [5, 5.41) is 4.30. The topological polar surface area (TPSA) is 84.5 Å². The standard InChI is InChI=1S/C29H35F2N7O/c1-18-13-24(37(4)12-11-36(2)3)22(32)14-23(18)34-29-33-15-25(39-17-26(30)31)27(35-29)21-16-38-10-6-8-19-7-5-9-20(21)28(19)38/h5,7,9,13-16,26H,6,8,10-12,17,32H2,1-4H3,(H,33,34,35). The minimum Gasteiger partial charge on any atom is -0.484 e. The summed E-state index contributed by atoms with van der Waals surface area (Å²) in [5.74, 6) is 0.552. The molecule has 5 rings (SSSR count). The molecule has 8 nitrogen and oxygen atoms in total. The van der Waals surface area contributed by atoms with Gasteiger partial charge in [0.15, 0.2) is 5.75 Å². The van der Waals surface area contributed by atoms with Crippen LogP contribution < -0.4 is 20.7 Å². The van der Waals surface area contributed by atoms with Crippen molar-refractivity contribution in [2.24, 2.45) is 0 Å². The SMILES string of the molecule is Cc1cc(N(C)CCN(C)C)c(N)cc1Nc1ncc(OCC(F)F)c(-c2cn3c4c(cccc24)CCC3)n1. The van der Waals surface area contributed by atoms with Crippen LogP contribution in [0.5, 0.6) is 5.75 Å². The van der Waals surface area contributed by atoms with Crippen LogP contribution in [0, 0.1) is 6.92 Å². The van der Waals surface area contributed by atoms with Crippen LogP contribution in [-0.2, 0) is 13.0 Å². The number of halogens is 2. The van der Waals surface area contributed by atoms with E-state index in [1.165, 1.54) is 11.8 Å². The molecule has 0 aliphatic carbocycles. The Balaban J connectivity index is 1.51. The van der Waals surface area contributed by atoms with Crippen LogP contribution in [0.4, 0.5) is 31.8 Å². The highest BCUT2D eigenvalue weighted by atomic mass is 19.3. The quantitative estimate of drug-likeness (QED) is 0.266. The normalized spacial score (nSPS) is 12.9. The molecule has 0 atom stereocenters. The number of nitrogens with two attached hydrogens (primary N) is 1. The lowest BCUT2D eigenvalue weighted by atomic mass is 10.0. The minimum atomic E-state index is -2.61. The van der Waals surface area contributed by atoms with Crippen LogP contribution >= 0.6 is 0 Å². The first-order valence-corrected chi connectivity index (χ1v) is 13.1. The number of alkyl halides is 2. The number of para-hydroxylation sites is 1. The minimum absolute atomic E-state index is 0.221. The van der Waals surface area contributed by atoms with Crippen LogP contribution in [0.15, 0.2) is 42.7 Å². The van der Waals surface area contributed by atoms with Gasteiger partial charge in [0.05, 0.1) is 23.1 Å². The van der Waals surface area contributed by atoms with Crippen LogP contribution in [-0.4, -0.2) is 66.7 Å². The second-order valence-electron chi connectivity index (χ2n) is 10.3. The summed E-state index contributed by atoms with van der Waals surface area (Å²) >= 11 is 0. The molecule has 0 radical (unpaired) electrons. The number of anilines is 4. The number of aryl methyl sites for hydroxylation is 3. The van der Waals surface area contributed by atoms with E-state index >= 15 is 0 Å². The molecule has 1 aliphatic rings. The Morgan fingerprint density at radius 2 is 2.00 bits per heavy atom. The summed E-state index contributed by atoms with van der Waals surface area (Å²) in [7, 11) is 6.10. The van der Waals surface area contributed by atoms with Crippen molar-refractivity contribution in [3.05, 3.63) is 53.9 Å². The van der Waals surface area contributed by atoms with Crippen molar-refractivity contribution < 1.29 is 13.5 Å². The summed E-state index contributed by atoms with van der Waals surface area (Å²) < 4.78 is 33.8. The lowest BCUT2D eigenvalue weighted by Gasteiger charge is -2.24. The second kappa shape index (κ2) is 11.1. The van der Waals surface area contributed by atoms with Gasteiger partial charge >= 0.3 is 0 Å². The lowest BCUT2D eigenvalue weighted by molar-refractivity contribution is 0.0819. The Hall–Kier alpha value is -3.92. The predicted octanol–water partition coefficient (Wildman–Crippen LogP) is 5.32. The molecular weight excluding hydrogens is 500 g/mol. The number of ether oxygens (including phenoxy) is 1. The van der Waals surface area contributed by atoms with Crippen LogP contribution in [0.1, 0.15) is 17.5 Å². The van der Waals surface area contributed by atoms with Crippen LogP contribution in [0.2, 0.25) is 0 Å². The first-order chi connectivity index (χ1) is 18.7. The fourth-order valence-corrected chi connectivity index (χ4v) is 5.09. The van der Waals surface area contributed by atoms with Crippen molar-refractivity contribution in [2.75, 3.05) is 56.8 Å². The van der Waals surface area contributed by atoms with Crippen molar-refractivity contribution in [2.45, 2.75) is 32.7 Å². The van der Waals surface area contributed by atoms with Crippen molar-refractivity contribution in [1.29, 1.82) is 0 Å². The summed E-state index contributed by atoms with van der Waals surface area (Å²) in [6.07, 6.45) is 2.95. The highest BCUT2D eigenvalue weighted by Crippen LogP contribution is 2.39. The first kappa shape index (κ1) is 26.7. The maximum atomic E-state index is 13.1. The first-order valence-electron chi connectivity index (χ1n) is 13.1. The molecule has 1 aliphatic heterocycles. The summed E-state index contributed by atoms with van der Waals surface area (Å²) in [6.45, 7) is 3.90. The molecule has 4 aromatic rings. The summed E-state index contributed by atoms with van der Waals surface area (Å²) in [6, 6.07) is 10.1. The molecule has 3 N–H and O–H groups in total. The summed E-state index contributed by atoms with van der Waals surface area (Å²) in [4.78, 5) is 13.4. The summed E-state index contributed by atoms with van der Waals surface area (Å²) in [5.41, 5.74) is 13.5. The van der Waals surface area contributed by atoms with E-state index in [4.69, 9.17) is 15.5 Å². The molecule has 10 heteroatoms. The fraction of sp³-hybridized carbons (Fsp3) is 0.379. The van der Waals surface area contributed by atoms with E-state index in [2.05, 4.69) is 30.7 Å². The zero-order valence-corrected chi connectivity index (χ0v) is 22.8. The van der Waals surface area contributed by atoms with E-state index in [9.17, 15) is 8.78 Å². The third-order valence-electron chi connectivity index (χ3n) is 7.12. The number of nitrogens with one attached hydrogen (secondary N) is 1. The van der Waals surface area contributed by atoms with Gasteiger partial charge in [-0.2, -0.15) is 0 Å². The predicted molar refractivity (Wildman–Crippen MR) is 153 cm³/mol. The number of nitrogens with zero attached hydrogens (tertiary/aromatic N) is 5. The molecule has 0 bridgehead atoms. The molecule has 0 saturated heterocycles. The Kier molecular flexibility index (Phi) is 7.56. The number of aromatic nitrogens is 3. The highest BCUT2D eigenvalue weighted by Gasteiger charge is 2.22. The van der Waals surface area contributed by atoms with Gasteiger partial charge in [0.1, 0.15) is 12.3 Å². The molecule has 0 fully saturated rings. The maximum Gasteiger partial charge on any atom is 0.272 e. The Morgan fingerprint density at radius 3 is 2.77 bits per heavy atom. The third kappa shape index (κ3) is 5.61. The van der Waals surface area contributed by atoms with E-state index in [0.717, 1.165) is 65.9 Å². The lowest BCUT2D eigenvalue weighted by Crippen LogP contribution is -2.29. The van der Waals surface area contributed by atoms with Gasteiger partial charge in [0.25, 0.3) is 6.43 Å². The van der Waals surface area contributed by atoms with Gasteiger partial charge in [0, 0.05) is 49.5 Å². The molecule has 0 unspecified atom stereocenters. The third-order valence-corrected chi connectivity index (χ3v) is 7.12. The molecule has 2 aromatic heterocycles. The number of nitrogen functional groups attached to an aromatic ring is 1. The molecule has 2 aromatic carbocycles. The zero-order valence-electron chi connectivity index (χ0n) is 22.8. The van der Waals surface area contributed by atoms with Crippen LogP contribution in [0.25, 0.3) is 22.2 Å². The second-order valence-corrected chi connectivity index (χ2v) is 10.3. The van der Waals surface area contributed by atoms with E-state index in [0.29, 0.717) is 17.3 Å². The maximum absolute atomic E-state index is 13.1. The molecular formula is C29H35F2N7O. The molecule has 206 valence electrons. The Bertz CT molecular complexity index is 1480. The van der Waals surface area contributed by atoms with Gasteiger partial charge in [-0.3, -0.25) is 0 Å². The van der Waals surface area contributed by atoms with Crippen molar-refractivity contribution in [1.82, 2.24) is 19.4 Å². The number of hydrogen-bond donors (Lipinski definition) is 2. The van der Waals surface area contributed by atoms with Gasteiger partial charge in [-0.1, -0.05) is 18.2 Å². The van der Waals surface area contributed by atoms with E-state index in [1.54, 1.807) is 0 Å².